The smallest absolute Gasteiger partial charge is 0.315 e. The maximum Gasteiger partial charge on any atom is 0.315 e. The molecule has 3 N–H and O–H groups in total. The molecule has 2 unspecified atom stereocenters. The number of halogens is 1. The van der Waals surface area contributed by atoms with Gasteiger partial charge < -0.3 is 15.7 Å². The normalized spacial score (nSPS) is 27.2. The molecule has 0 radical (unpaired) electrons. The largest absolute Gasteiger partial charge is 0.395 e. The van der Waals surface area contributed by atoms with Crippen LogP contribution >= 0.6 is 0 Å². The Morgan fingerprint density at radius 2 is 2.31 bits per heavy atom. The van der Waals surface area contributed by atoms with E-state index in [4.69, 9.17) is 5.11 Å². The van der Waals surface area contributed by atoms with Gasteiger partial charge in [0.1, 0.15) is 6.17 Å². The number of nitrogens with one attached hydrogen (secondary N) is 2. The van der Waals surface area contributed by atoms with Crippen LogP contribution < -0.4 is 10.6 Å². The van der Waals surface area contributed by atoms with Crippen LogP contribution in [0.5, 0.6) is 0 Å². The van der Waals surface area contributed by atoms with Gasteiger partial charge in [0.25, 0.3) is 0 Å². The third kappa shape index (κ3) is 3.59. The van der Waals surface area contributed by atoms with E-state index in [1.54, 1.807) is 0 Å². The highest BCUT2D eigenvalue weighted by molar-refractivity contribution is 5.74. The Kier molecular flexibility index (Phi) is 3.95. The standard InChI is InChI=1S/C8H15FN2O2/c9-6-1-2-7(5-6)11-8(13)10-3-4-12/h6-7,12H,1-5H2,(H2,10,11,13). The molecule has 0 bridgehead atoms. The van der Waals surface area contributed by atoms with Gasteiger partial charge in [-0.05, 0) is 19.3 Å². The first-order valence-corrected chi connectivity index (χ1v) is 4.51. The van der Waals surface area contributed by atoms with Crippen LogP contribution in [-0.2, 0) is 0 Å². The Balaban J connectivity index is 2.13. The van der Waals surface area contributed by atoms with E-state index in [-0.39, 0.29) is 25.2 Å². The molecule has 1 saturated carbocycles. The highest BCUT2D eigenvalue weighted by Crippen LogP contribution is 2.21. The number of amides is 2. The molecule has 1 aliphatic carbocycles. The monoisotopic (exact) mass is 190 g/mol. The van der Waals surface area contributed by atoms with E-state index >= 15 is 0 Å². The summed E-state index contributed by atoms with van der Waals surface area (Å²) in [7, 11) is 0. The Morgan fingerprint density at radius 1 is 1.54 bits per heavy atom. The van der Waals surface area contributed by atoms with Crippen LogP contribution in [0.15, 0.2) is 0 Å². The maximum atomic E-state index is 12.7. The zero-order valence-corrected chi connectivity index (χ0v) is 7.42. The minimum absolute atomic E-state index is 0.0475. The molecule has 5 heteroatoms. The summed E-state index contributed by atoms with van der Waals surface area (Å²) in [4.78, 5) is 11.0. The van der Waals surface area contributed by atoms with Gasteiger partial charge in [-0.2, -0.15) is 0 Å². The first kappa shape index (κ1) is 10.2. The van der Waals surface area contributed by atoms with Crippen LogP contribution in [-0.4, -0.2) is 36.5 Å². The quantitative estimate of drug-likeness (QED) is 0.594. The first-order chi connectivity index (χ1) is 6.22. The molecule has 0 aromatic carbocycles. The molecule has 0 spiro atoms. The summed E-state index contributed by atoms with van der Waals surface area (Å²) < 4.78 is 12.7. The van der Waals surface area contributed by atoms with Gasteiger partial charge in [0.2, 0.25) is 0 Å². The molecule has 2 amide bonds. The van der Waals surface area contributed by atoms with Gasteiger partial charge in [-0.25, -0.2) is 9.18 Å². The van der Waals surface area contributed by atoms with Crippen LogP contribution in [0.2, 0.25) is 0 Å². The van der Waals surface area contributed by atoms with E-state index in [1.165, 1.54) is 0 Å². The second-order valence-corrected chi connectivity index (χ2v) is 3.23. The second kappa shape index (κ2) is 5.01. The van der Waals surface area contributed by atoms with Crippen LogP contribution in [0.1, 0.15) is 19.3 Å². The molecule has 13 heavy (non-hydrogen) atoms. The number of carbonyl (C=O) groups excluding carboxylic acids is 1. The Morgan fingerprint density at radius 3 is 2.85 bits per heavy atom. The van der Waals surface area contributed by atoms with Crippen molar-refractivity contribution in [3.05, 3.63) is 0 Å². The first-order valence-electron chi connectivity index (χ1n) is 4.51. The van der Waals surface area contributed by atoms with Gasteiger partial charge in [-0.3, -0.25) is 0 Å². The average molecular weight is 190 g/mol. The Labute approximate surface area is 76.5 Å². The highest BCUT2D eigenvalue weighted by Gasteiger charge is 2.25. The lowest BCUT2D eigenvalue weighted by atomic mass is 10.2. The number of rotatable bonds is 3. The number of carbonyl (C=O) groups is 1. The highest BCUT2D eigenvalue weighted by atomic mass is 19.1. The third-order valence-electron chi connectivity index (χ3n) is 2.10. The number of alkyl halides is 1. The van der Waals surface area contributed by atoms with E-state index in [0.29, 0.717) is 19.3 Å². The molecular weight excluding hydrogens is 175 g/mol. The lowest BCUT2D eigenvalue weighted by molar-refractivity contribution is 0.230. The number of hydrogen-bond acceptors (Lipinski definition) is 2. The zero-order valence-electron chi connectivity index (χ0n) is 7.42. The number of aliphatic hydroxyl groups excluding tert-OH is 1. The van der Waals surface area contributed by atoms with E-state index in [9.17, 15) is 9.18 Å². The van der Waals surface area contributed by atoms with Crippen LogP contribution in [0.4, 0.5) is 9.18 Å². The van der Waals surface area contributed by atoms with E-state index in [1.807, 2.05) is 0 Å². The molecule has 0 saturated heterocycles. The summed E-state index contributed by atoms with van der Waals surface area (Å²) in [5.41, 5.74) is 0. The predicted molar refractivity (Wildman–Crippen MR) is 46.2 cm³/mol. The molecule has 1 fully saturated rings. The summed E-state index contributed by atoms with van der Waals surface area (Å²) in [6.07, 6.45) is 0.869. The number of urea groups is 1. The molecule has 1 rings (SSSR count). The van der Waals surface area contributed by atoms with Gasteiger partial charge >= 0.3 is 6.03 Å². The minimum atomic E-state index is -0.775. The van der Waals surface area contributed by atoms with E-state index in [0.717, 1.165) is 0 Å². The second-order valence-electron chi connectivity index (χ2n) is 3.23. The molecule has 2 atom stereocenters. The Hall–Kier alpha value is -0.840. The molecule has 0 aromatic heterocycles. The van der Waals surface area contributed by atoms with Gasteiger partial charge in [0.15, 0.2) is 0 Å². The summed E-state index contributed by atoms with van der Waals surface area (Å²) in [5.74, 6) is 0. The summed E-state index contributed by atoms with van der Waals surface area (Å²) in [6.45, 7) is 0.154. The van der Waals surface area contributed by atoms with Crippen molar-refractivity contribution in [2.45, 2.75) is 31.5 Å². The molecule has 0 aliphatic heterocycles. The minimum Gasteiger partial charge on any atom is -0.395 e. The molecule has 0 aromatic rings. The lowest BCUT2D eigenvalue weighted by Gasteiger charge is -2.11. The van der Waals surface area contributed by atoms with Crippen molar-refractivity contribution in [2.75, 3.05) is 13.2 Å². The predicted octanol–water partition coefficient (Wildman–Crippen LogP) is 0.168. The fourth-order valence-electron chi connectivity index (χ4n) is 1.46. The topological polar surface area (TPSA) is 61.4 Å². The van der Waals surface area contributed by atoms with E-state index < -0.39 is 6.17 Å². The van der Waals surface area contributed by atoms with Gasteiger partial charge in [-0.15, -0.1) is 0 Å². The maximum absolute atomic E-state index is 12.7. The SMILES string of the molecule is O=C(NCCO)NC1CCC(F)C1. The summed E-state index contributed by atoms with van der Waals surface area (Å²) >= 11 is 0. The Bertz CT molecular complexity index is 178. The van der Waals surface area contributed by atoms with Gasteiger partial charge in [0, 0.05) is 12.6 Å². The average Bonchev–Trinajstić information content (AvgIpc) is 2.48. The molecule has 1 aliphatic rings. The molecule has 0 heterocycles. The van der Waals surface area contributed by atoms with Crippen molar-refractivity contribution in [3.63, 3.8) is 0 Å². The van der Waals surface area contributed by atoms with E-state index in [2.05, 4.69) is 10.6 Å². The van der Waals surface area contributed by atoms with Crippen molar-refractivity contribution < 1.29 is 14.3 Å². The van der Waals surface area contributed by atoms with Gasteiger partial charge in [-0.1, -0.05) is 0 Å². The molecule has 76 valence electrons. The molecular formula is C8H15FN2O2. The van der Waals surface area contributed by atoms with Gasteiger partial charge in [0.05, 0.1) is 6.61 Å². The fourth-order valence-corrected chi connectivity index (χ4v) is 1.46. The fraction of sp³-hybridized carbons (Fsp3) is 0.875. The van der Waals surface area contributed by atoms with Crippen molar-refractivity contribution in [2.24, 2.45) is 0 Å². The number of hydrogen-bond donors (Lipinski definition) is 3. The van der Waals surface area contributed by atoms with Crippen LogP contribution in [0.3, 0.4) is 0 Å². The van der Waals surface area contributed by atoms with Crippen LogP contribution in [0.25, 0.3) is 0 Å². The van der Waals surface area contributed by atoms with Crippen molar-refractivity contribution in [1.29, 1.82) is 0 Å². The van der Waals surface area contributed by atoms with Crippen molar-refractivity contribution >= 4 is 6.03 Å². The zero-order chi connectivity index (χ0) is 9.68. The third-order valence-corrected chi connectivity index (χ3v) is 2.10. The van der Waals surface area contributed by atoms with Crippen molar-refractivity contribution in [1.82, 2.24) is 10.6 Å². The van der Waals surface area contributed by atoms with Crippen molar-refractivity contribution in [3.8, 4) is 0 Å². The lowest BCUT2D eigenvalue weighted by Crippen LogP contribution is -2.42. The number of aliphatic hydroxyl groups is 1. The summed E-state index contributed by atoms with van der Waals surface area (Å²) in [5, 5.41) is 13.5. The molecule has 4 nitrogen and oxygen atoms in total. The van der Waals surface area contributed by atoms with Crippen LogP contribution in [0, 0.1) is 0 Å². The summed E-state index contributed by atoms with van der Waals surface area (Å²) in [6, 6.07) is -0.373.